The van der Waals surface area contributed by atoms with Gasteiger partial charge in [-0.3, -0.25) is 9.30 Å². The summed E-state index contributed by atoms with van der Waals surface area (Å²) in [6.07, 6.45) is -4.20. The second-order valence-corrected chi connectivity index (χ2v) is 10.4. The Balaban J connectivity index is 1.51. The molecule has 0 aliphatic carbocycles. The lowest BCUT2D eigenvalue weighted by atomic mass is 10.1. The summed E-state index contributed by atoms with van der Waals surface area (Å²) in [5.74, 6) is 0.813. The van der Waals surface area contributed by atoms with Gasteiger partial charge in [-0.2, -0.15) is 13.2 Å². The van der Waals surface area contributed by atoms with Crippen LogP contribution in [0, 0.1) is 0 Å². The van der Waals surface area contributed by atoms with Gasteiger partial charge in [0.05, 0.1) is 5.60 Å². The van der Waals surface area contributed by atoms with Gasteiger partial charge >= 0.3 is 12.3 Å². The number of fused-ring (bicyclic) bond motifs is 2. The molecule has 2 atom stereocenters. The number of rotatable bonds is 8. The number of benzene rings is 1. The number of pyridine rings is 2. The maximum Gasteiger partial charge on any atom is 0.408 e. The number of carbonyl (C=O) groups is 1. The first-order valence-electron chi connectivity index (χ1n) is 12.7. The number of aromatic nitrogens is 4. The van der Waals surface area contributed by atoms with Gasteiger partial charge in [-0.15, -0.1) is 10.2 Å². The SMILES string of the molecule is COC(C)(C)COc1cccc2ccc(-c3nnc4ccc([C@@H](N5CC[C@H](NC(=O)O)C5)C(F)(F)F)cn34)nc12. The molecule has 0 radical (unpaired) electrons. The van der Waals surface area contributed by atoms with Crippen molar-refractivity contribution in [3.63, 3.8) is 0 Å². The van der Waals surface area contributed by atoms with Crippen molar-refractivity contribution in [2.75, 3.05) is 26.8 Å². The van der Waals surface area contributed by atoms with E-state index in [0.717, 1.165) is 5.39 Å². The van der Waals surface area contributed by atoms with Gasteiger partial charge in [-0.05, 0) is 44.0 Å². The number of nitrogens with zero attached hydrogens (tertiary/aromatic N) is 5. The van der Waals surface area contributed by atoms with Crippen LogP contribution in [0.4, 0.5) is 18.0 Å². The van der Waals surface area contributed by atoms with Crippen LogP contribution in [-0.4, -0.2) is 80.3 Å². The van der Waals surface area contributed by atoms with E-state index in [2.05, 4.69) is 15.5 Å². The van der Waals surface area contributed by atoms with Crippen LogP contribution < -0.4 is 10.1 Å². The van der Waals surface area contributed by atoms with Gasteiger partial charge in [0.1, 0.15) is 29.6 Å². The van der Waals surface area contributed by atoms with E-state index in [0.29, 0.717) is 22.6 Å². The van der Waals surface area contributed by atoms with Gasteiger partial charge in [0, 0.05) is 37.8 Å². The molecule has 5 rings (SSSR count). The van der Waals surface area contributed by atoms with Crippen molar-refractivity contribution in [3.05, 3.63) is 54.2 Å². The number of para-hydroxylation sites is 1. The van der Waals surface area contributed by atoms with Gasteiger partial charge in [0.2, 0.25) is 0 Å². The Morgan fingerprint density at radius 2 is 1.98 bits per heavy atom. The molecule has 212 valence electrons. The molecule has 1 aliphatic rings. The minimum absolute atomic E-state index is 0.0105. The maximum absolute atomic E-state index is 14.3. The number of hydrogen-bond donors (Lipinski definition) is 2. The minimum atomic E-state index is -4.59. The highest BCUT2D eigenvalue weighted by Crippen LogP contribution is 2.40. The number of amides is 1. The quantitative estimate of drug-likeness (QED) is 0.320. The number of methoxy groups -OCH3 is 1. The smallest absolute Gasteiger partial charge is 0.408 e. The zero-order valence-electron chi connectivity index (χ0n) is 22.1. The summed E-state index contributed by atoms with van der Waals surface area (Å²) < 4.78 is 56.0. The molecule has 40 heavy (non-hydrogen) atoms. The van der Waals surface area contributed by atoms with E-state index < -0.39 is 30.0 Å². The second kappa shape index (κ2) is 10.5. The average Bonchev–Trinajstić information content (AvgIpc) is 3.53. The Hall–Kier alpha value is -3.97. The number of carboxylic acid groups (broad SMARTS) is 1. The Bertz CT molecular complexity index is 1540. The summed E-state index contributed by atoms with van der Waals surface area (Å²) >= 11 is 0. The maximum atomic E-state index is 14.3. The molecular weight excluding hydrogens is 529 g/mol. The fourth-order valence-corrected chi connectivity index (χ4v) is 4.84. The normalized spacial score (nSPS) is 17.4. The molecule has 1 amide bonds. The third kappa shape index (κ3) is 5.65. The first-order chi connectivity index (χ1) is 18.9. The molecule has 1 saturated heterocycles. The van der Waals surface area contributed by atoms with Crippen molar-refractivity contribution in [3.8, 4) is 17.3 Å². The fraction of sp³-hybridized carbons (Fsp3) is 0.407. The van der Waals surface area contributed by atoms with E-state index in [1.165, 1.54) is 27.6 Å². The van der Waals surface area contributed by atoms with Crippen molar-refractivity contribution in [2.24, 2.45) is 0 Å². The first-order valence-corrected chi connectivity index (χ1v) is 12.7. The second-order valence-electron chi connectivity index (χ2n) is 10.4. The van der Waals surface area contributed by atoms with Gasteiger partial charge in [-0.25, -0.2) is 9.78 Å². The van der Waals surface area contributed by atoms with Crippen molar-refractivity contribution < 1.29 is 32.5 Å². The zero-order chi connectivity index (χ0) is 28.7. The molecule has 0 bridgehead atoms. The van der Waals surface area contributed by atoms with Crippen molar-refractivity contribution in [1.29, 1.82) is 0 Å². The summed E-state index contributed by atoms with van der Waals surface area (Å²) in [7, 11) is 1.60. The van der Waals surface area contributed by atoms with Crippen LogP contribution in [0.3, 0.4) is 0 Å². The molecule has 10 nitrogen and oxygen atoms in total. The molecule has 1 aromatic carbocycles. The van der Waals surface area contributed by atoms with E-state index in [1.54, 1.807) is 19.2 Å². The van der Waals surface area contributed by atoms with Crippen molar-refractivity contribution >= 4 is 22.6 Å². The van der Waals surface area contributed by atoms with Crippen LogP contribution >= 0.6 is 0 Å². The summed E-state index contributed by atoms with van der Waals surface area (Å²) in [5, 5.41) is 20.4. The van der Waals surface area contributed by atoms with Crippen molar-refractivity contribution in [1.82, 2.24) is 29.8 Å². The van der Waals surface area contributed by atoms with Crippen LogP contribution in [0.15, 0.2) is 48.7 Å². The molecule has 0 saturated carbocycles. The first kappa shape index (κ1) is 27.6. The molecule has 1 aliphatic heterocycles. The molecular formula is C27H29F3N6O4. The summed E-state index contributed by atoms with van der Waals surface area (Å²) in [6, 6.07) is 9.46. The van der Waals surface area contributed by atoms with Crippen LogP contribution in [-0.2, 0) is 4.74 Å². The van der Waals surface area contributed by atoms with E-state index in [-0.39, 0.29) is 37.5 Å². The molecule has 0 spiro atoms. The van der Waals surface area contributed by atoms with E-state index in [9.17, 15) is 18.0 Å². The van der Waals surface area contributed by atoms with Gasteiger partial charge < -0.3 is 19.9 Å². The van der Waals surface area contributed by atoms with Crippen LogP contribution in [0.25, 0.3) is 28.1 Å². The van der Waals surface area contributed by atoms with E-state index >= 15 is 0 Å². The minimum Gasteiger partial charge on any atom is -0.488 e. The highest BCUT2D eigenvalue weighted by atomic mass is 19.4. The number of halogens is 3. The molecule has 3 aromatic heterocycles. The summed E-state index contributed by atoms with van der Waals surface area (Å²) in [4.78, 5) is 17.0. The Kier molecular flexibility index (Phi) is 7.27. The largest absolute Gasteiger partial charge is 0.488 e. The van der Waals surface area contributed by atoms with Crippen LogP contribution in [0.1, 0.15) is 31.9 Å². The lowest BCUT2D eigenvalue weighted by Gasteiger charge is -2.30. The molecule has 1 fully saturated rings. The highest BCUT2D eigenvalue weighted by Gasteiger charge is 2.47. The Labute approximate surface area is 227 Å². The van der Waals surface area contributed by atoms with Gasteiger partial charge in [0.15, 0.2) is 11.5 Å². The fourth-order valence-electron chi connectivity index (χ4n) is 4.84. The number of nitrogens with one attached hydrogen (secondary N) is 1. The Morgan fingerprint density at radius 3 is 2.70 bits per heavy atom. The zero-order valence-corrected chi connectivity index (χ0v) is 22.1. The molecule has 0 unspecified atom stereocenters. The predicted molar refractivity (Wildman–Crippen MR) is 140 cm³/mol. The number of hydrogen-bond acceptors (Lipinski definition) is 7. The molecule has 2 N–H and O–H groups in total. The third-order valence-electron chi connectivity index (χ3n) is 7.00. The lowest BCUT2D eigenvalue weighted by molar-refractivity contribution is -0.184. The summed E-state index contributed by atoms with van der Waals surface area (Å²) in [5.41, 5.74) is 0.813. The van der Waals surface area contributed by atoms with Gasteiger partial charge in [0.25, 0.3) is 0 Å². The number of alkyl halides is 3. The standard InChI is InChI=1S/C27H29F3N6O4/c1-26(2,39-3)15-40-20-6-4-5-16-7-9-19(32-22(16)20)24-34-33-21-10-8-17(13-36(21)24)23(27(28,29)30)35-12-11-18(14-35)31-25(37)38/h4-10,13,18,23,31H,11-12,14-15H2,1-3H3,(H,37,38)/t18-,23+/m0/s1. The van der Waals surface area contributed by atoms with Gasteiger partial charge in [-0.1, -0.05) is 24.3 Å². The summed E-state index contributed by atoms with van der Waals surface area (Å²) in [6.45, 7) is 4.12. The van der Waals surface area contributed by atoms with Crippen molar-refractivity contribution in [2.45, 2.75) is 44.1 Å². The molecule has 4 heterocycles. The lowest BCUT2D eigenvalue weighted by Crippen LogP contribution is -2.40. The molecule has 13 heteroatoms. The van der Waals surface area contributed by atoms with E-state index in [4.69, 9.17) is 19.6 Å². The third-order valence-corrected chi connectivity index (χ3v) is 7.00. The average molecular weight is 559 g/mol. The number of ether oxygens (including phenoxy) is 2. The van der Waals surface area contributed by atoms with Crippen LogP contribution in [0.2, 0.25) is 0 Å². The topological polar surface area (TPSA) is 114 Å². The Morgan fingerprint density at radius 1 is 1.18 bits per heavy atom. The van der Waals surface area contributed by atoms with Crippen LogP contribution in [0.5, 0.6) is 5.75 Å². The number of likely N-dealkylation sites (tertiary alicyclic amines) is 1. The highest BCUT2D eigenvalue weighted by molar-refractivity contribution is 5.86. The predicted octanol–water partition coefficient (Wildman–Crippen LogP) is 4.69. The monoisotopic (exact) mass is 558 g/mol. The molecule has 4 aromatic rings. The van der Waals surface area contributed by atoms with E-state index in [1.807, 2.05) is 32.0 Å².